The van der Waals surface area contributed by atoms with Crippen molar-refractivity contribution in [1.29, 1.82) is 0 Å². The topological polar surface area (TPSA) is 21.3 Å². The maximum Gasteiger partial charge on any atom is 0.135 e. The van der Waals surface area contributed by atoms with Crippen molar-refractivity contribution in [2.24, 2.45) is 0 Å². The Labute approximate surface area is 344 Å². The molecule has 0 bridgehead atoms. The Morgan fingerprint density at radius 3 is 2.07 bits per heavy atom. The van der Waals surface area contributed by atoms with E-state index in [0.717, 1.165) is 46.1 Å². The number of rotatable bonds is 7. The minimum absolute atomic E-state index is 0.0385. The Bertz CT molecular complexity index is 3230. The molecule has 10 aromatic rings. The summed E-state index contributed by atoms with van der Waals surface area (Å²) in [4.78, 5) is 2.45. The van der Waals surface area contributed by atoms with Gasteiger partial charge in [-0.05, 0) is 102 Å². The zero-order valence-corrected chi connectivity index (χ0v) is 33.1. The minimum atomic E-state index is 0.0385. The zero-order chi connectivity index (χ0) is 39.5. The van der Waals surface area contributed by atoms with Crippen molar-refractivity contribution < 1.29 is 4.42 Å². The van der Waals surface area contributed by atoms with Crippen LogP contribution in [-0.2, 0) is 0 Å². The zero-order valence-electron chi connectivity index (χ0n) is 33.1. The monoisotopic (exact) mass is 758 g/mol. The van der Waals surface area contributed by atoms with Crippen molar-refractivity contribution in [1.82, 2.24) is 4.57 Å². The van der Waals surface area contributed by atoms with Crippen molar-refractivity contribution in [2.45, 2.75) is 26.2 Å². The van der Waals surface area contributed by atoms with E-state index in [4.69, 9.17) is 4.42 Å². The first kappa shape index (κ1) is 34.9. The first-order valence-corrected chi connectivity index (χ1v) is 20.6. The van der Waals surface area contributed by atoms with E-state index >= 15 is 0 Å². The molecule has 1 atom stereocenters. The highest BCUT2D eigenvalue weighted by atomic mass is 16.3. The van der Waals surface area contributed by atoms with Crippen molar-refractivity contribution in [3.63, 3.8) is 0 Å². The molecule has 59 heavy (non-hydrogen) atoms. The van der Waals surface area contributed by atoms with Crippen LogP contribution in [0.5, 0.6) is 0 Å². The summed E-state index contributed by atoms with van der Waals surface area (Å²) in [6, 6.07) is 63.9. The van der Waals surface area contributed by atoms with Crippen LogP contribution in [0.2, 0.25) is 0 Å². The molecule has 0 N–H and O–H groups in total. The number of para-hydroxylation sites is 4. The summed E-state index contributed by atoms with van der Waals surface area (Å²) in [6.45, 7) is 4.30. The van der Waals surface area contributed by atoms with Gasteiger partial charge in [-0.2, -0.15) is 0 Å². The molecular formula is C56H42N2O. The lowest BCUT2D eigenvalue weighted by atomic mass is 9.85. The third-order valence-corrected chi connectivity index (χ3v) is 12.2. The van der Waals surface area contributed by atoms with Gasteiger partial charge in [0.15, 0.2) is 0 Å². The van der Waals surface area contributed by atoms with Gasteiger partial charge in [-0.3, -0.25) is 0 Å². The van der Waals surface area contributed by atoms with E-state index in [0.29, 0.717) is 0 Å². The second-order valence-corrected chi connectivity index (χ2v) is 15.6. The van der Waals surface area contributed by atoms with Crippen molar-refractivity contribution in [2.75, 3.05) is 4.90 Å². The minimum Gasteiger partial charge on any atom is -0.460 e. The summed E-state index contributed by atoms with van der Waals surface area (Å²) in [6.07, 6.45) is 9.81. The van der Waals surface area contributed by atoms with Gasteiger partial charge in [0.2, 0.25) is 0 Å². The molecule has 0 radical (unpaired) electrons. The Morgan fingerprint density at radius 1 is 0.627 bits per heavy atom. The molecule has 2 heterocycles. The number of aromatic nitrogens is 1. The number of hydrogen-bond acceptors (Lipinski definition) is 2. The van der Waals surface area contributed by atoms with Crippen molar-refractivity contribution in [3.05, 3.63) is 216 Å². The third kappa shape index (κ3) is 5.73. The Balaban J connectivity index is 1.07. The number of anilines is 3. The fraction of sp³-hybridized carbons (Fsp3) is 0.0714. The molecule has 0 fully saturated rings. The quantitative estimate of drug-likeness (QED) is 0.161. The second-order valence-electron chi connectivity index (χ2n) is 15.6. The summed E-state index contributed by atoms with van der Waals surface area (Å²) in [5.74, 6) is 1.07. The van der Waals surface area contributed by atoms with Crippen LogP contribution in [0, 0.1) is 6.92 Å². The van der Waals surface area contributed by atoms with E-state index < -0.39 is 0 Å². The average molecular weight is 759 g/mol. The summed E-state index contributed by atoms with van der Waals surface area (Å²) >= 11 is 0. The van der Waals surface area contributed by atoms with Gasteiger partial charge in [0.05, 0.1) is 28.1 Å². The van der Waals surface area contributed by atoms with Crippen LogP contribution in [0.15, 0.2) is 192 Å². The maximum absolute atomic E-state index is 6.87. The smallest absolute Gasteiger partial charge is 0.135 e. The number of aryl methyl sites for hydroxylation is 1. The first-order valence-electron chi connectivity index (χ1n) is 20.6. The van der Waals surface area contributed by atoms with Gasteiger partial charge in [-0.25, -0.2) is 0 Å². The van der Waals surface area contributed by atoms with Crippen molar-refractivity contribution >= 4 is 72.8 Å². The largest absolute Gasteiger partial charge is 0.460 e. The molecule has 2 aromatic heterocycles. The van der Waals surface area contributed by atoms with Crippen LogP contribution in [0.3, 0.4) is 0 Å². The first-order chi connectivity index (χ1) is 29.2. The predicted octanol–water partition coefficient (Wildman–Crippen LogP) is 15.7. The molecule has 11 rings (SSSR count). The molecule has 282 valence electrons. The molecule has 3 nitrogen and oxygen atoms in total. The summed E-state index contributed by atoms with van der Waals surface area (Å²) in [7, 11) is 0. The predicted molar refractivity (Wildman–Crippen MR) is 250 cm³/mol. The summed E-state index contributed by atoms with van der Waals surface area (Å²) in [5.41, 5.74) is 15.1. The Morgan fingerprint density at radius 2 is 1.29 bits per heavy atom. The normalized spacial score (nSPS) is 13.9. The second kappa shape index (κ2) is 14.2. The highest BCUT2D eigenvalue weighted by Crippen LogP contribution is 2.48. The Hall–Kier alpha value is -7.36. The number of fused-ring (bicyclic) bond motifs is 7. The highest BCUT2D eigenvalue weighted by molar-refractivity contribution is 6.10. The molecule has 1 unspecified atom stereocenters. The molecule has 0 amide bonds. The van der Waals surface area contributed by atoms with E-state index in [1.54, 1.807) is 0 Å². The number of furan rings is 1. The fourth-order valence-corrected chi connectivity index (χ4v) is 9.47. The van der Waals surface area contributed by atoms with Gasteiger partial charge in [0, 0.05) is 44.5 Å². The SMILES string of the molecule is C/C=C\c1c(C)cccc1N(c1ccc(-c2ccccc2-n2c3ccccc3c3ccccc32)cc1)c1ccccc1C1CC=Cc2c1oc1cc3ccccc3cc21. The highest BCUT2D eigenvalue weighted by Gasteiger charge is 2.30. The molecule has 0 saturated heterocycles. The van der Waals surface area contributed by atoms with E-state index in [9.17, 15) is 0 Å². The van der Waals surface area contributed by atoms with Gasteiger partial charge >= 0.3 is 0 Å². The number of allylic oxidation sites excluding steroid dienone is 2. The van der Waals surface area contributed by atoms with E-state index in [2.05, 4.69) is 224 Å². The lowest BCUT2D eigenvalue weighted by Crippen LogP contribution is -2.16. The standard InChI is InChI=1S/C56H42N2O/c1-3-16-42-37(2)17-14-30-50(42)57(52-27-11-9-23-46(52)47-24-15-25-48-49-35-39-18-4-5-19-40(39)36-55(49)59-56(47)48)41-33-31-38(32-34-41)43-20-6-10-26-51(43)58-53-28-12-7-21-44(53)45-22-8-13-29-54(45)58/h3-23,25-36,47H,24H2,1-2H3/b16-3-. The molecule has 3 heteroatoms. The molecule has 1 aliphatic carbocycles. The lowest BCUT2D eigenvalue weighted by Gasteiger charge is -2.32. The van der Waals surface area contributed by atoms with E-state index in [1.807, 2.05) is 0 Å². The van der Waals surface area contributed by atoms with E-state index in [1.165, 1.54) is 65.8 Å². The van der Waals surface area contributed by atoms with E-state index in [-0.39, 0.29) is 5.92 Å². The van der Waals surface area contributed by atoms with Gasteiger partial charge < -0.3 is 13.9 Å². The van der Waals surface area contributed by atoms with Gasteiger partial charge in [0.25, 0.3) is 0 Å². The van der Waals surface area contributed by atoms with Crippen LogP contribution in [0.4, 0.5) is 17.1 Å². The van der Waals surface area contributed by atoms with Crippen LogP contribution in [0.25, 0.3) is 72.5 Å². The Kier molecular flexibility index (Phi) is 8.41. The number of hydrogen-bond donors (Lipinski definition) is 0. The van der Waals surface area contributed by atoms with Crippen LogP contribution < -0.4 is 4.90 Å². The molecule has 1 aliphatic rings. The fourth-order valence-electron chi connectivity index (χ4n) is 9.47. The lowest BCUT2D eigenvalue weighted by molar-refractivity contribution is 0.517. The molecule has 8 aromatic carbocycles. The van der Waals surface area contributed by atoms with Gasteiger partial charge in [-0.1, -0.05) is 146 Å². The average Bonchev–Trinajstić information content (AvgIpc) is 3.82. The third-order valence-electron chi connectivity index (χ3n) is 12.2. The van der Waals surface area contributed by atoms with Crippen molar-refractivity contribution in [3.8, 4) is 16.8 Å². The molecule has 0 aliphatic heterocycles. The van der Waals surface area contributed by atoms with Gasteiger partial charge in [-0.15, -0.1) is 0 Å². The summed E-state index contributed by atoms with van der Waals surface area (Å²) < 4.78 is 9.29. The molecule has 0 spiro atoms. The molecular weight excluding hydrogens is 717 g/mol. The number of nitrogens with zero attached hydrogens (tertiary/aromatic N) is 2. The number of benzene rings is 8. The van der Waals surface area contributed by atoms with Gasteiger partial charge in [0.1, 0.15) is 11.3 Å². The van der Waals surface area contributed by atoms with Crippen LogP contribution in [-0.4, -0.2) is 4.57 Å². The molecule has 0 saturated carbocycles. The van der Waals surface area contributed by atoms with Crippen LogP contribution in [0.1, 0.15) is 47.3 Å². The maximum atomic E-state index is 6.87. The summed E-state index contributed by atoms with van der Waals surface area (Å²) in [5, 5.41) is 6.10. The van der Waals surface area contributed by atoms with Crippen LogP contribution >= 0.6 is 0 Å².